The lowest BCUT2D eigenvalue weighted by Gasteiger charge is -2.27. The van der Waals surface area contributed by atoms with Crippen LogP contribution in [0, 0.1) is 5.82 Å². The molecule has 1 aromatic carbocycles. The van der Waals surface area contributed by atoms with Crippen LogP contribution in [0.1, 0.15) is 0 Å². The molecule has 17 heavy (non-hydrogen) atoms. The van der Waals surface area contributed by atoms with Crippen LogP contribution in [0.5, 0.6) is 0 Å². The number of para-hydroxylation sites is 1. The highest BCUT2D eigenvalue weighted by Crippen LogP contribution is 2.11. The van der Waals surface area contributed by atoms with Crippen molar-refractivity contribution in [2.24, 2.45) is 0 Å². The van der Waals surface area contributed by atoms with Crippen molar-refractivity contribution in [3.05, 3.63) is 30.1 Å². The number of nitrogens with one attached hydrogen (secondary N) is 1. The molecule has 92 valence electrons. The Morgan fingerprint density at radius 3 is 2.76 bits per heavy atom. The third-order valence-corrected chi connectivity index (χ3v) is 2.67. The first-order valence-corrected chi connectivity index (χ1v) is 5.61. The highest BCUT2D eigenvalue weighted by molar-refractivity contribution is 5.81. The molecular weight excluding hydrogens is 223 g/mol. The van der Waals surface area contributed by atoms with Crippen molar-refractivity contribution in [3.63, 3.8) is 0 Å². The Kier molecular flexibility index (Phi) is 3.93. The summed E-state index contributed by atoms with van der Waals surface area (Å²) in [5.41, 5.74) is 0.356. The molecule has 4 nitrogen and oxygen atoms in total. The number of hydrogen-bond acceptors (Lipinski definition) is 3. The molecule has 0 aromatic heterocycles. The minimum absolute atomic E-state index is 0.0310. The number of carbonyl (C=O) groups is 1. The van der Waals surface area contributed by atoms with Crippen LogP contribution in [0.25, 0.3) is 0 Å². The maximum atomic E-state index is 13.3. The highest BCUT2D eigenvalue weighted by Gasteiger charge is 2.16. The van der Waals surface area contributed by atoms with Crippen LogP contribution < -0.4 is 5.32 Å². The van der Waals surface area contributed by atoms with Crippen molar-refractivity contribution in [1.29, 1.82) is 0 Å². The number of benzene rings is 1. The molecule has 1 N–H and O–H groups in total. The lowest BCUT2D eigenvalue weighted by atomic mass is 10.3. The van der Waals surface area contributed by atoms with Gasteiger partial charge in [0.05, 0.1) is 25.4 Å². The van der Waals surface area contributed by atoms with Gasteiger partial charge in [0.25, 0.3) is 0 Å². The SMILES string of the molecule is O=C(CNc1ccccc1F)N1CCOCC1. The maximum absolute atomic E-state index is 13.3. The van der Waals surface area contributed by atoms with Gasteiger partial charge in [0.15, 0.2) is 0 Å². The van der Waals surface area contributed by atoms with Gasteiger partial charge >= 0.3 is 0 Å². The van der Waals surface area contributed by atoms with E-state index in [1.165, 1.54) is 6.07 Å². The first-order chi connectivity index (χ1) is 8.27. The second-order valence-corrected chi connectivity index (χ2v) is 3.83. The molecule has 1 aliphatic rings. The van der Waals surface area contributed by atoms with E-state index in [4.69, 9.17) is 4.74 Å². The highest BCUT2D eigenvalue weighted by atomic mass is 19.1. The van der Waals surface area contributed by atoms with Gasteiger partial charge < -0.3 is 15.0 Å². The van der Waals surface area contributed by atoms with Crippen LogP contribution in [0.3, 0.4) is 0 Å². The summed E-state index contributed by atoms with van der Waals surface area (Å²) in [5, 5.41) is 2.80. The number of morpholine rings is 1. The minimum atomic E-state index is -0.345. The smallest absolute Gasteiger partial charge is 0.242 e. The van der Waals surface area contributed by atoms with E-state index in [2.05, 4.69) is 5.32 Å². The van der Waals surface area contributed by atoms with E-state index in [0.717, 1.165) is 0 Å². The Labute approximate surface area is 99.4 Å². The predicted molar refractivity (Wildman–Crippen MR) is 62.3 cm³/mol. The first-order valence-electron chi connectivity index (χ1n) is 5.61. The largest absolute Gasteiger partial charge is 0.378 e. The van der Waals surface area contributed by atoms with Crippen molar-refractivity contribution >= 4 is 11.6 Å². The third kappa shape index (κ3) is 3.17. The molecule has 0 unspecified atom stereocenters. The average Bonchev–Trinajstić information content (AvgIpc) is 2.38. The van der Waals surface area contributed by atoms with Gasteiger partial charge in [0.1, 0.15) is 5.82 Å². The third-order valence-electron chi connectivity index (χ3n) is 2.67. The Morgan fingerprint density at radius 2 is 2.06 bits per heavy atom. The van der Waals surface area contributed by atoms with E-state index in [0.29, 0.717) is 32.0 Å². The molecule has 1 aromatic rings. The Hall–Kier alpha value is -1.62. The normalized spacial score (nSPS) is 15.7. The average molecular weight is 238 g/mol. The number of ether oxygens (including phenoxy) is 1. The Morgan fingerprint density at radius 1 is 1.35 bits per heavy atom. The van der Waals surface area contributed by atoms with Crippen LogP contribution in [-0.2, 0) is 9.53 Å². The molecule has 1 heterocycles. The molecule has 0 saturated carbocycles. The van der Waals surface area contributed by atoms with Crippen molar-refractivity contribution in [1.82, 2.24) is 4.90 Å². The molecule has 0 atom stereocenters. The van der Waals surface area contributed by atoms with E-state index < -0.39 is 0 Å². The van der Waals surface area contributed by atoms with Crippen molar-refractivity contribution in [2.75, 3.05) is 38.2 Å². The molecule has 0 spiro atoms. The zero-order valence-corrected chi connectivity index (χ0v) is 9.49. The number of nitrogens with zero attached hydrogens (tertiary/aromatic N) is 1. The molecule has 0 aliphatic carbocycles. The summed E-state index contributed by atoms with van der Waals surface area (Å²) in [5.74, 6) is -0.376. The van der Waals surface area contributed by atoms with E-state index >= 15 is 0 Å². The van der Waals surface area contributed by atoms with E-state index in [9.17, 15) is 9.18 Å². The van der Waals surface area contributed by atoms with Gasteiger partial charge in [-0.1, -0.05) is 12.1 Å². The number of carbonyl (C=O) groups excluding carboxylic acids is 1. The molecule has 1 saturated heterocycles. The topological polar surface area (TPSA) is 41.6 Å². The Balaban J connectivity index is 1.85. The van der Waals surface area contributed by atoms with Gasteiger partial charge in [-0.25, -0.2) is 4.39 Å². The summed E-state index contributed by atoms with van der Waals surface area (Å²) >= 11 is 0. The van der Waals surface area contributed by atoms with Gasteiger partial charge in [0.2, 0.25) is 5.91 Å². The summed E-state index contributed by atoms with van der Waals surface area (Å²) in [6.45, 7) is 2.48. The molecule has 1 aliphatic heterocycles. The van der Waals surface area contributed by atoms with Crippen LogP contribution >= 0.6 is 0 Å². The van der Waals surface area contributed by atoms with Gasteiger partial charge in [0, 0.05) is 13.1 Å². The summed E-state index contributed by atoms with van der Waals surface area (Å²) in [4.78, 5) is 13.5. The first kappa shape index (κ1) is 11.9. The number of hydrogen-bond donors (Lipinski definition) is 1. The fourth-order valence-electron chi connectivity index (χ4n) is 1.70. The summed E-state index contributed by atoms with van der Waals surface area (Å²) in [6, 6.07) is 6.32. The van der Waals surface area contributed by atoms with Crippen LogP contribution in [0.2, 0.25) is 0 Å². The fraction of sp³-hybridized carbons (Fsp3) is 0.417. The summed E-state index contributed by atoms with van der Waals surface area (Å²) in [7, 11) is 0. The fourth-order valence-corrected chi connectivity index (χ4v) is 1.70. The second-order valence-electron chi connectivity index (χ2n) is 3.83. The van der Waals surface area contributed by atoms with Gasteiger partial charge in [-0.15, -0.1) is 0 Å². The Bertz CT molecular complexity index is 392. The zero-order chi connectivity index (χ0) is 12.1. The van der Waals surface area contributed by atoms with Gasteiger partial charge in [-0.2, -0.15) is 0 Å². The van der Waals surface area contributed by atoms with Crippen LogP contribution in [-0.4, -0.2) is 43.7 Å². The monoisotopic (exact) mass is 238 g/mol. The maximum Gasteiger partial charge on any atom is 0.242 e. The van der Waals surface area contributed by atoms with E-state index in [1.807, 2.05) is 0 Å². The predicted octanol–water partition coefficient (Wildman–Crippen LogP) is 1.10. The quantitative estimate of drug-likeness (QED) is 0.857. The van der Waals surface area contributed by atoms with Gasteiger partial charge in [-0.3, -0.25) is 4.79 Å². The molecule has 0 radical (unpaired) electrons. The van der Waals surface area contributed by atoms with Crippen LogP contribution in [0.4, 0.5) is 10.1 Å². The lowest BCUT2D eigenvalue weighted by molar-refractivity contribution is -0.133. The summed E-state index contributed by atoms with van der Waals surface area (Å²) < 4.78 is 18.4. The molecule has 1 amide bonds. The molecule has 5 heteroatoms. The molecule has 1 fully saturated rings. The molecule has 0 bridgehead atoms. The van der Waals surface area contributed by atoms with E-state index in [-0.39, 0.29) is 18.3 Å². The number of rotatable bonds is 3. The number of anilines is 1. The second kappa shape index (κ2) is 5.63. The van der Waals surface area contributed by atoms with Crippen molar-refractivity contribution in [2.45, 2.75) is 0 Å². The van der Waals surface area contributed by atoms with Crippen LogP contribution in [0.15, 0.2) is 24.3 Å². The zero-order valence-electron chi connectivity index (χ0n) is 9.49. The lowest BCUT2D eigenvalue weighted by Crippen LogP contribution is -2.43. The summed E-state index contributed by atoms with van der Waals surface area (Å²) in [6.07, 6.45) is 0. The van der Waals surface area contributed by atoms with Crippen molar-refractivity contribution in [3.8, 4) is 0 Å². The molecular formula is C12H15FN2O2. The number of halogens is 1. The standard InChI is InChI=1S/C12H15FN2O2/c13-10-3-1-2-4-11(10)14-9-12(16)15-5-7-17-8-6-15/h1-4,14H,5-9H2. The molecule has 2 rings (SSSR count). The van der Waals surface area contributed by atoms with Crippen molar-refractivity contribution < 1.29 is 13.9 Å². The van der Waals surface area contributed by atoms with E-state index in [1.54, 1.807) is 23.1 Å². The minimum Gasteiger partial charge on any atom is -0.378 e. The number of amides is 1. The van der Waals surface area contributed by atoms with Gasteiger partial charge in [-0.05, 0) is 12.1 Å².